The minimum atomic E-state index is -2.12. The Balaban J connectivity index is 1.11. The number of halogens is 2. The first-order valence-corrected chi connectivity index (χ1v) is 26.3. The van der Waals surface area contributed by atoms with Gasteiger partial charge in [-0.25, -0.2) is 29.9 Å². The minimum absolute atomic E-state index is 0.0583. The fourth-order valence-corrected chi connectivity index (χ4v) is 9.62. The summed E-state index contributed by atoms with van der Waals surface area (Å²) in [5, 5.41) is 25.8. The maximum atomic E-state index is 14.8. The van der Waals surface area contributed by atoms with Gasteiger partial charge in [-0.05, 0) is 81.8 Å². The third-order valence-electron chi connectivity index (χ3n) is 13.1. The number of aliphatic hydroxyl groups excluding tert-OH is 1. The summed E-state index contributed by atoms with van der Waals surface area (Å²) in [5.41, 5.74) is 59.0. The molecule has 0 bridgehead atoms. The fraction of sp³-hybridized carbons (Fsp3) is 0.182. The normalized spacial score (nSPS) is 16.5. The van der Waals surface area contributed by atoms with Crippen LogP contribution in [0.3, 0.4) is 0 Å². The number of carbonyl (C=O) groups is 5. The monoisotopic (exact) mass is 1180 g/mol. The number of nitrogens with one attached hydrogen (secondary N) is 5. The first-order chi connectivity index (χ1) is 40.1. The van der Waals surface area contributed by atoms with E-state index in [1.165, 1.54) is 11.1 Å². The van der Waals surface area contributed by atoms with E-state index in [4.69, 9.17) is 84.8 Å². The molecule has 1 heterocycles. The number of aromatic nitrogens is 2. The van der Waals surface area contributed by atoms with Crippen LogP contribution in [0.25, 0.3) is 22.5 Å². The maximum absolute atomic E-state index is 14.8. The highest BCUT2D eigenvalue weighted by atomic mass is 35.5. The minimum Gasteiger partial charge on any atom is -0.372 e. The molecule has 3 aromatic carbocycles. The van der Waals surface area contributed by atoms with Gasteiger partial charge in [0.2, 0.25) is 36.5 Å². The number of guanidine groups is 4. The standard InChI is InChI=1S/C55H59Cl2N21O6/c56-33-18-14-26(15-19-33)36-23-37(27-16-20-34(57)21-17-27)69-55(68-36)78(25-32-22-31-10-4-8-28-12-13-29-9-5-11-35(32)40(29)39(28)31)38(79)24-67-41(30-6-2-1-3-7-30)47(81)71-44(75-52(61)62)49(83)73-46(77-54(65)66)50(84)72-45(76-53(63)64)48(82)70-43(42(58)80)74-51(59)60/h1-7,9-23,38,40-41,43-46,67,79H,8,24-25H2,(H2,58,80)(H,70,82)(H,71,81)(H,72,84)(H,73,83)(H4,59,60,74)(H4,61,62,75)(H4,63,64,76)(H4,65,66,77). The van der Waals surface area contributed by atoms with Gasteiger partial charge in [-0.3, -0.25) is 29.3 Å². The molecule has 0 spiro atoms. The lowest BCUT2D eigenvalue weighted by atomic mass is 9.67. The second-order valence-electron chi connectivity index (χ2n) is 19.0. The Morgan fingerprint density at radius 1 is 0.631 bits per heavy atom. The van der Waals surface area contributed by atoms with Crippen molar-refractivity contribution in [2.75, 3.05) is 18.0 Å². The van der Waals surface area contributed by atoms with Crippen molar-refractivity contribution in [1.82, 2.24) is 36.6 Å². The van der Waals surface area contributed by atoms with Crippen molar-refractivity contribution in [1.29, 1.82) is 0 Å². The summed E-state index contributed by atoms with van der Waals surface area (Å²) < 4.78 is 0. The summed E-state index contributed by atoms with van der Waals surface area (Å²) >= 11 is 12.7. The number of primary amides is 1. The van der Waals surface area contributed by atoms with Gasteiger partial charge < -0.3 is 82.9 Å². The average molecular weight is 1180 g/mol. The average Bonchev–Trinajstić information content (AvgIpc) is 1.02. The predicted molar refractivity (Wildman–Crippen MR) is 319 cm³/mol. The van der Waals surface area contributed by atoms with Gasteiger partial charge in [0.05, 0.1) is 11.4 Å². The first-order valence-electron chi connectivity index (χ1n) is 25.5. The van der Waals surface area contributed by atoms with Crippen molar-refractivity contribution >= 4 is 82.5 Å². The van der Waals surface area contributed by atoms with E-state index in [1.807, 2.05) is 41.7 Å². The molecule has 7 atom stereocenters. The van der Waals surface area contributed by atoms with Crippen molar-refractivity contribution in [3.05, 3.63) is 183 Å². The van der Waals surface area contributed by atoms with Gasteiger partial charge in [-0.1, -0.05) is 120 Å². The number of allylic oxidation sites excluding steroid dienone is 12. The third-order valence-corrected chi connectivity index (χ3v) is 13.6. The van der Waals surface area contributed by atoms with Crippen LogP contribution < -0.4 is 83.1 Å². The molecule has 4 aromatic rings. The van der Waals surface area contributed by atoms with E-state index in [-0.39, 0.29) is 25.0 Å². The highest BCUT2D eigenvalue weighted by molar-refractivity contribution is 6.31. The Morgan fingerprint density at radius 3 is 1.64 bits per heavy atom. The SMILES string of the molecule is NC(=O)C(N=C(N)N)NC(=O)C(N=C(N)N)NC(=O)C(N=C(N)N)NC(=O)C(N=C(N)N)NC(=O)C(NCC(O)N(CC1=CC2=C3C(=CC=C4C=CC=C1C43)CC=C2)c1nc(-c2ccc(Cl)cc2)cc(-c2ccc(Cl)cc2)n1)c1ccccc1. The molecule has 434 valence electrons. The van der Waals surface area contributed by atoms with Crippen molar-refractivity contribution < 1.29 is 29.1 Å². The molecule has 24 N–H and O–H groups in total. The molecular weight excluding hydrogens is 1120 g/mol. The molecule has 1 aromatic heterocycles. The molecular formula is C55H59Cl2N21O6. The van der Waals surface area contributed by atoms with Crippen molar-refractivity contribution in [3.8, 4) is 22.5 Å². The lowest BCUT2D eigenvalue weighted by Crippen LogP contribution is -2.58. The van der Waals surface area contributed by atoms with Gasteiger partial charge in [-0.15, -0.1) is 0 Å². The molecule has 0 aliphatic heterocycles. The number of hydrogen-bond acceptors (Lipinski definition) is 14. The smallest absolute Gasteiger partial charge is 0.267 e. The van der Waals surface area contributed by atoms with Gasteiger partial charge in [-0.2, -0.15) is 0 Å². The van der Waals surface area contributed by atoms with Gasteiger partial charge >= 0.3 is 0 Å². The Kier molecular flexibility index (Phi) is 18.8. The van der Waals surface area contributed by atoms with E-state index in [2.05, 4.69) is 83.8 Å². The van der Waals surface area contributed by atoms with Crippen LogP contribution in [0.2, 0.25) is 10.0 Å². The largest absolute Gasteiger partial charge is 0.372 e. The molecule has 7 unspecified atom stereocenters. The van der Waals surface area contributed by atoms with Crippen molar-refractivity contribution in [2.45, 2.75) is 43.4 Å². The van der Waals surface area contributed by atoms with Crippen molar-refractivity contribution in [2.24, 2.45) is 77.5 Å². The number of amides is 5. The number of hydrogen-bond donors (Lipinski definition) is 15. The molecule has 27 nitrogen and oxygen atoms in total. The molecule has 0 saturated carbocycles. The van der Waals surface area contributed by atoms with E-state index in [0.29, 0.717) is 38.1 Å². The molecule has 8 rings (SSSR count). The lowest BCUT2D eigenvalue weighted by molar-refractivity contribution is -0.134. The quantitative estimate of drug-likeness (QED) is 0.0243. The number of nitrogens with zero attached hydrogens (tertiary/aromatic N) is 7. The summed E-state index contributed by atoms with van der Waals surface area (Å²) in [7, 11) is 0. The number of nitrogens with two attached hydrogens (primary N) is 9. The van der Waals surface area contributed by atoms with Gasteiger partial charge in [0.15, 0.2) is 23.8 Å². The number of benzene rings is 3. The highest BCUT2D eigenvalue weighted by Crippen LogP contribution is 2.49. The molecule has 4 aliphatic carbocycles. The van der Waals surface area contributed by atoms with Crippen LogP contribution in [-0.4, -0.2) is 112 Å². The van der Waals surface area contributed by atoms with Crippen LogP contribution in [-0.2, 0) is 24.0 Å². The number of anilines is 1. The van der Waals surface area contributed by atoms with Crippen LogP contribution in [0.15, 0.2) is 187 Å². The number of carbonyl (C=O) groups excluding carboxylic acids is 5. The number of aliphatic imine (C=N–C) groups is 4. The summed E-state index contributed by atoms with van der Waals surface area (Å²) in [5.74, 6) is -8.85. The van der Waals surface area contributed by atoms with E-state index >= 15 is 0 Å². The Bertz CT molecular complexity index is 3520. The molecule has 0 fully saturated rings. The Hall–Kier alpha value is -10.4. The maximum Gasteiger partial charge on any atom is 0.267 e. The van der Waals surface area contributed by atoms with E-state index in [0.717, 1.165) is 28.7 Å². The Labute approximate surface area is 490 Å². The zero-order valence-electron chi connectivity index (χ0n) is 44.4. The van der Waals surface area contributed by atoms with Crippen LogP contribution >= 0.6 is 23.2 Å². The summed E-state index contributed by atoms with van der Waals surface area (Å²) in [6, 6.07) is 22.9. The number of rotatable bonds is 23. The fourth-order valence-electron chi connectivity index (χ4n) is 9.37. The summed E-state index contributed by atoms with van der Waals surface area (Å²) in [4.78, 5) is 94.6. The molecule has 0 saturated heterocycles. The molecule has 0 radical (unpaired) electrons. The van der Waals surface area contributed by atoms with Gasteiger partial charge in [0.1, 0.15) is 12.3 Å². The summed E-state index contributed by atoms with van der Waals surface area (Å²) in [6.07, 6.45) is 7.99. The number of aliphatic hydroxyl groups is 1. The highest BCUT2D eigenvalue weighted by Gasteiger charge is 2.38. The second kappa shape index (κ2) is 26.5. The zero-order valence-corrected chi connectivity index (χ0v) is 45.9. The third kappa shape index (κ3) is 14.8. The molecule has 84 heavy (non-hydrogen) atoms. The van der Waals surface area contributed by atoms with E-state index in [9.17, 15) is 29.1 Å². The van der Waals surface area contributed by atoms with Crippen LogP contribution in [0.1, 0.15) is 18.0 Å². The lowest BCUT2D eigenvalue weighted by Gasteiger charge is -2.39. The van der Waals surface area contributed by atoms with E-state index < -0.39 is 90.3 Å². The van der Waals surface area contributed by atoms with Crippen LogP contribution in [0, 0.1) is 5.92 Å². The topological polar surface area (TPSA) is 478 Å². The molecule has 29 heteroatoms. The van der Waals surface area contributed by atoms with Crippen molar-refractivity contribution in [3.63, 3.8) is 0 Å². The first kappa shape index (κ1) is 59.8. The summed E-state index contributed by atoms with van der Waals surface area (Å²) in [6.45, 7) is -0.301. The Morgan fingerprint density at radius 2 is 1.13 bits per heavy atom. The molecule has 4 aliphatic rings. The van der Waals surface area contributed by atoms with E-state index in [1.54, 1.807) is 59.5 Å². The van der Waals surface area contributed by atoms with Gasteiger partial charge in [0, 0.05) is 40.2 Å². The molecule has 5 amide bonds. The predicted octanol–water partition coefficient (Wildman–Crippen LogP) is -0.904. The zero-order chi connectivity index (χ0) is 60.4. The second-order valence-corrected chi connectivity index (χ2v) is 19.9. The van der Waals surface area contributed by atoms with Crippen LogP contribution in [0.4, 0.5) is 5.95 Å². The van der Waals surface area contributed by atoms with Crippen LogP contribution in [0.5, 0.6) is 0 Å². The van der Waals surface area contributed by atoms with Gasteiger partial charge in [0.25, 0.3) is 23.6 Å².